The lowest BCUT2D eigenvalue weighted by Crippen LogP contribution is -2.22. The van der Waals surface area contributed by atoms with Crippen molar-refractivity contribution in [1.82, 2.24) is 0 Å². The molecular weight excluding hydrogens is 236 g/mol. The predicted molar refractivity (Wildman–Crippen MR) is 68.8 cm³/mol. The predicted octanol–water partition coefficient (Wildman–Crippen LogP) is 3.23. The Morgan fingerprint density at radius 2 is 1.88 bits per heavy atom. The van der Waals surface area contributed by atoms with E-state index in [1.807, 2.05) is 32.9 Å². The van der Waals surface area contributed by atoms with E-state index in [4.69, 9.17) is 16.3 Å². The van der Waals surface area contributed by atoms with Crippen LogP contribution in [0, 0.1) is 11.8 Å². The molecule has 0 aliphatic rings. The summed E-state index contributed by atoms with van der Waals surface area (Å²) in [5.74, 6) is 4.74. The van der Waals surface area contributed by atoms with Crippen LogP contribution < -0.4 is 0 Å². The lowest BCUT2D eigenvalue weighted by atomic mass is 10.1. The lowest BCUT2D eigenvalue weighted by Gasteiger charge is -2.16. The van der Waals surface area contributed by atoms with Crippen molar-refractivity contribution in [1.29, 1.82) is 0 Å². The van der Waals surface area contributed by atoms with E-state index in [9.17, 15) is 4.79 Å². The Morgan fingerprint density at radius 3 is 2.41 bits per heavy atom. The molecule has 0 unspecified atom stereocenters. The van der Waals surface area contributed by atoms with Crippen LogP contribution in [0.25, 0.3) is 0 Å². The van der Waals surface area contributed by atoms with Crippen molar-refractivity contribution >= 4 is 17.6 Å². The van der Waals surface area contributed by atoms with Crippen LogP contribution in [0.1, 0.15) is 26.3 Å². The van der Waals surface area contributed by atoms with Gasteiger partial charge in [-0.3, -0.25) is 0 Å². The van der Waals surface area contributed by atoms with Gasteiger partial charge < -0.3 is 4.74 Å². The highest BCUT2D eigenvalue weighted by Gasteiger charge is 2.13. The summed E-state index contributed by atoms with van der Waals surface area (Å²) in [6.45, 7) is 5.43. The number of rotatable bonds is 1. The van der Waals surface area contributed by atoms with Gasteiger partial charge in [0.2, 0.25) is 0 Å². The van der Waals surface area contributed by atoms with Gasteiger partial charge in [0.1, 0.15) is 5.60 Å². The summed E-state index contributed by atoms with van der Waals surface area (Å²) in [7, 11) is 0. The summed E-state index contributed by atoms with van der Waals surface area (Å²) in [6, 6.07) is 7.36. The molecule has 0 fully saturated rings. The van der Waals surface area contributed by atoms with Crippen molar-refractivity contribution in [2.24, 2.45) is 0 Å². The topological polar surface area (TPSA) is 26.3 Å². The third-order valence-corrected chi connectivity index (χ3v) is 2.05. The normalized spacial score (nSPS) is 10.4. The van der Waals surface area contributed by atoms with Crippen LogP contribution in [-0.2, 0) is 16.0 Å². The van der Waals surface area contributed by atoms with Crippen molar-refractivity contribution in [3.63, 3.8) is 0 Å². The molecule has 0 aromatic heterocycles. The van der Waals surface area contributed by atoms with E-state index in [0.717, 1.165) is 5.56 Å². The highest BCUT2D eigenvalue weighted by atomic mass is 35.5. The molecule has 1 rings (SSSR count). The summed E-state index contributed by atoms with van der Waals surface area (Å²) in [4.78, 5) is 11.3. The first-order chi connectivity index (χ1) is 7.87. The molecule has 1 aromatic rings. The Morgan fingerprint density at radius 1 is 1.29 bits per heavy atom. The van der Waals surface area contributed by atoms with Gasteiger partial charge in [-0.1, -0.05) is 29.7 Å². The fourth-order valence-electron chi connectivity index (χ4n) is 1.12. The van der Waals surface area contributed by atoms with E-state index in [1.165, 1.54) is 0 Å². The second kappa shape index (κ2) is 5.75. The number of ether oxygens (including phenoxy) is 1. The zero-order valence-corrected chi connectivity index (χ0v) is 11.0. The van der Waals surface area contributed by atoms with Crippen LogP contribution in [0.15, 0.2) is 24.3 Å². The third-order valence-electron chi connectivity index (χ3n) is 1.80. The monoisotopic (exact) mass is 250 g/mol. The number of benzene rings is 1. The minimum absolute atomic E-state index is 0.494. The Hall–Kier alpha value is -1.46. The smallest absolute Gasteiger partial charge is 0.384 e. The molecule has 0 heterocycles. The molecule has 0 atom stereocenters. The molecule has 0 bridgehead atoms. The maximum absolute atomic E-state index is 11.3. The SMILES string of the molecule is CC(C)(C)OC(=O)C#CCc1ccc(Cl)cc1. The van der Waals surface area contributed by atoms with Crippen molar-refractivity contribution < 1.29 is 9.53 Å². The van der Waals surface area contributed by atoms with E-state index < -0.39 is 11.6 Å². The van der Waals surface area contributed by atoms with E-state index in [-0.39, 0.29) is 0 Å². The Balaban J connectivity index is 2.51. The first kappa shape index (κ1) is 13.6. The van der Waals surface area contributed by atoms with E-state index in [2.05, 4.69) is 11.8 Å². The third kappa shape index (κ3) is 5.99. The van der Waals surface area contributed by atoms with Gasteiger partial charge in [-0.15, -0.1) is 0 Å². The second-order valence-corrected chi connectivity index (χ2v) is 5.04. The molecule has 0 N–H and O–H groups in total. The summed E-state index contributed by atoms with van der Waals surface area (Å²) in [6.07, 6.45) is 0.510. The number of carbonyl (C=O) groups excluding carboxylic acids is 1. The van der Waals surface area contributed by atoms with Gasteiger partial charge >= 0.3 is 5.97 Å². The molecular formula is C14H15ClO2. The first-order valence-corrected chi connectivity index (χ1v) is 5.71. The molecule has 17 heavy (non-hydrogen) atoms. The maximum Gasteiger partial charge on any atom is 0.384 e. The van der Waals surface area contributed by atoms with Gasteiger partial charge in [0.25, 0.3) is 0 Å². The number of hydrogen-bond acceptors (Lipinski definition) is 2. The Kier molecular flexibility index (Phi) is 4.60. The molecule has 3 heteroatoms. The molecule has 0 saturated carbocycles. The van der Waals surface area contributed by atoms with Crippen LogP contribution in [0.4, 0.5) is 0 Å². The summed E-state index contributed by atoms with van der Waals surface area (Å²) in [5, 5.41) is 0.689. The molecule has 0 radical (unpaired) electrons. The number of hydrogen-bond donors (Lipinski definition) is 0. The molecule has 0 aliphatic carbocycles. The van der Waals surface area contributed by atoms with E-state index in [0.29, 0.717) is 11.4 Å². The molecule has 0 aliphatic heterocycles. The molecule has 0 spiro atoms. The summed E-state index contributed by atoms with van der Waals surface area (Å²) >= 11 is 5.76. The van der Waals surface area contributed by atoms with Gasteiger partial charge in [-0.2, -0.15) is 0 Å². The quantitative estimate of drug-likeness (QED) is 0.435. The summed E-state index contributed by atoms with van der Waals surface area (Å²) < 4.78 is 5.06. The average Bonchev–Trinajstić information content (AvgIpc) is 2.18. The van der Waals surface area contributed by atoms with Crippen molar-refractivity contribution in [3.8, 4) is 11.8 Å². The zero-order chi connectivity index (χ0) is 12.9. The van der Waals surface area contributed by atoms with Crippen LogP contribution in [-0.4, -0.2) is 11.6 Å². The first-order valence-electron chi connectivity index (χ1n) is 5.33. The van der Waals surface area contributed by atoms with Gasteiger partial charge in [0.05, 0.1) is 0 Å². The van der Waals surface area contributed by atoms with Crippen molar-refractivity contribution in [3.05, 3.63) is 34.9 Å². The molecule has 0 amide bonds. The van der Waals surface area contributed by atoms with Gasteiger partial charge in [0, 0.05) is 17.4 Å². The number of carbonyl (C=O) groups is 1. The number of halogens is 1. The summed E-state index contributed by atoms with van der Waals surface area (Å²) in [5.41, 5.74) is 0.525. The van der Waals surface area contributed by atoms with Crippen LogP contribution in [0.3, 0.4) is 0 Å². The van der Waals surface area contributed by atoms with Gasteiger partial charge in [-0.05, 0) is 38.5 Å². The fraction of sp³-hybridized carbons (Fsp3) is 0.357. The van der Waals surface area contributed by atoms with Gasteiger partial charge in [0.15, 0.2) is 0 Å². The van der Waals surface area contributed by atoms with Crippen molar-refractivity contribution in [2.75, 3.05) is 0 Å². The lowest BCUT2D eigenvalue weighted by molar-refractivity contribution is -0.147. The molecule has 2 nitrogen and oxygen atoms in total. The van der Waals surface area contributed by atoms with E-state index in [1.54, 1.807) is 12.1 Å². The highest BCUT2D eigenvalue weighted by molar-refractivity contribution is 6.30. The molecule has 1 aromatic carbocycles. The minimum Gasteiger partial charge on any atom is -0.450 e. The Bertz CT molecular complexity index is 444. The largest absolute Gasteiger partial charge is 0.450 e. The average molecular weight is 251 g/mol. The fourth-order valence-corrected chi connectivity index (χ4v) is 1.25. The second-order valence-electron chi connectivity index (χ2n) is 4.61. The van der Waals surface area contributed by atoms with Crippen LogP contribution in [0.5, 0.6) is 0 Å². The van der Waals surface area contributed by atoms with Crippen LogP contribution in [0.2, 0.25) is 5.02 Å². The zero-order valence-electron chi connectivity index (χ0n) is 10.2. The standard InChI is InChI=1S/C14H15ClO2/c1-14(2,3)17-13(16)6-4-5-11-7-9-12(15)10-8-11/h7-10H,5H2,1-3H3. The highest BCUT2D eigenvalue weighted by Crippen LogP contribution is 2.09. The van der Waals surface area contributed by atoms with Crippen LogP contribution >= 0.6 is 11.6 Å². The molecule has 0 saturated heterocycles. The van der Waals surface area contributed by atoms with E-state index >= 15 is 0 Å². The molecule has 90 valence electrons. The van der Waals surface area contributed by atoms with Gasteiger partial charge in [-0.25, -0.2) is 4.79 Å². The Labute approximate surface area is 107 Å². The number of esters is 1. The minimum atomic E-state index is -0.494. The maximum atomic E-state index is 11.3. The van der Waals surface area contributed by atoms with Crippen molar-refractivity contribution in [2.45, 2.75) is 32.8 Å².